The second-order valence-corrected chi connectivity index (χ2v) is 8.41. The summed E-state index contributed by atoms with van der Waals surface area (Å²) < 4.78 is 7.53. The van der Waals surface area contributed by atoms with Gasteiger partial charge in [-0.3, -0.25) is 14.9 Å². The van der Waals surface area contributed by atoms with Gasteiger partial charge in [-0.15, -0.1) is 0 Å². The number of hydrogen-bond acceptors (Lipinski definition) is 5. The molecule has 9 nitrogen and oxygen atoms in total. The summed E-state index contributed by atoms with van der Waals surface area (Å²) >= 11 is 0. The molecule has 2 aromatic heterocycles. The first-order valence-corrected chi connectivity index (χ1v) is 11.1. The summed E-state index contributed by atoms with van der Waals surface area (Å²) in [6, 6.07) is 12.2. The van der Waals surface area contributed by atoms with Crippen LogP contribution in [-0.2, 0) is 22.4 Å². The molecule has 0 bridgehead atoms. The van der Waals surface area contributed by atoms with E-state index in [0.717, 1.165) is 29.0 Å². The Bertz CT molecular complexity index is 1240. The molecule has 1 aromatic carbocycles. The van der Waals surface area contributed by atoms with Gasteiger partial charge in [0.25, 0.3) is 11.8 Å². The van der Waals surface area contributed by atoms with Crippen LogP contribution in [0.25, 0.3) is 5.65 Å². The molecule has 2 saturated heterocycles. The van der Waals surface area contributed by atoms with E-state index in [-0.39, 0.29) is 12.5 Å². The Balaban J connectivity index is 1.32. The first-order chi connectivity index (χ1) is 16.0. The molecule has 3 N–H and O–H groups in total. The van der Waals surface area contributed by atoms with Gasteiger partial charge in [-0.1, -0.05) is 25.1 Å². The van der Waals surface area contributed by atoms with Crippen molar-refractivity contribution in [3.8, 4) is 0 Å². The number of benzene rings is 1. The number of pyridine rings is 1. The number of aryl methyl sites for hydroxylation is 1. The highest BCUT2D eigenvalue weighted by atomic mass is 16.5. The first-order valence-electron chi connectivity index (χ1n) is 11.1. The average Bonchev–Trinajstić information content (AvgIpc) is 3.32. The van der Waals surface area contributed by atoms with E-state index in [1.807, 2.05) is 36.5 Å². The van der Waals surface area contributed by atoms with Gasteiger partial charge in [0.05, 0.1) is 18.3 Å². The molecule has 1 spiro atoms. The molecular formula is C24H25N5O4. The number of rotatable bonds is 5. The number of imide groups is 1. The Hall–Kier alpha value is -3.72. The van der Waals surface area contributed by atoms with Crippen molar-refractivity contribution in [2.24, 2.45) is 0 Å². The molecule has 4 heterocycles. The monoisotopic (exact) mass is 447 g/mol. The number of fused-ring (bicyclic) bond motifs is 1. The highest BCUT2D eigenvalue weighted by Crippen LogP contribution is 2.24. The molecule has 2 aliphatic heterocycles. The summed E-state index contributed by atoms with van der Waals surface area (Å²) in [4.78, 5) is 41.7. The maximum Gasteiger partial charge on any atom is 0.322 e. The summed E-state index contributed by atoms with van der Waals surface area (Å²) in [6.45, 7) is 2.51. The molecular weight excluding hydrogens is 422 g/mol. The van der Waals surface area contributed by atoms with Crippen LogP contribution in [0.15, 0.2) is 48.7 Å². The molecule has 2 aliphatic rings. The summed E-state index contributed by atoms with van der Waals surface area (Å²) in [7, 11) is 0. The van der Waals surface area contributed by atoms with Crippen LogP contribution < -0.4 is 16.0 Å². The third kappa shape index (κ3) is 3.74. The maximum atomic E-state index is 12.9. The molecule has 0 saturated carbocycles. The molecule has 4 amide bonds. The minimum absolute atomic E-state index is 0.0214. The molecule has 2 fully saturated rings. The van der Waals surface area contributed by atoms with Crippen molar-refractivity contribution in [2.45, 2.75) is 37.8 Å². The Morgan fingerprint density at radius 2 is 2.06 bits per heavy atom. The molecule has 0 aliphatic carbocycles. The van der Waals surface area contributed by atoms with Crippen molar-refractivity contribution in [3.63, 3.8) is 0 Å². The smallest absolute Gasteiger partial charge is 0.322 e. The van der Waals surface area contributed by atoms with Crippen molar-refractivity contribution < 1.29 is 19.1 Å². The highest BCUT2D eigenvalue weighted by molar-refractivity contribution is 6.08. The molecule has 33 heavy (non-hydrogen) atoms. The predicted molar refractivity (Wildman–Crippen MR) is 120 cm³/mol. The summed E-state index contributed by atoms with van der Waals surface area (Å²) in [5.41, 5.74) is 3.40. The highest BCUT2D eigenvalue weighted by Gasteiger charge is 2.54. The van der Waals surface area contributed by atoms with E-state index in [4.69, 9.17) is 9.72 Å². The van der Waals surface area contributed by atoms with E-state index in [1.165, 1.54) is 0 Å². The van der Waals surface area contributed by atoms with Crippen molar-refractivity contribution >= 4 is 23.5 Å². The lowest BCUT2D eigenvalue weighted by Crippen LogP contribution is -2.67. The van der Waals surface area contributed by atoms with Gasteiger partial charge in [0.1, 0.15) is 5.65 Å². The zero-order chi connectivity index (χ0) is 23.0. The third-order valence-corrected chi connectivity index (χ3v) is 6.38. The molecule has 3 aromatic rings. The number of urea groups is 1. The molecule has 2 atom stereocenters. The van der Waals surface area contributed by atoms with Crippen LogP contribution in [0.2, 0.25) is 0 Å². The normalized spacial score (nSPS) is 22.4. The third-order valence-electron chi connectivity index (χ3n) is 6.38. The van der Waals surface area contributed by atoms with Crippen molar-refractivity contribution in [1.82, 2.24) is 25.3 Å². The summed E-state index contributed by atoms with van der Waals surface area (Å²) in [5, 5.41) is 7.80. The van der Waals surface area contributed by atoms with Gasteiger partial charge >= 0.3 is 6.03 Å². The average molecular weight is 447 g/mol. The van der Waals surface area contributed by atoms with Gasteiger partial charge in [-0.2, -0.15) is 0 Å². The second kappa shape index (κ2) is 8.32. The van der Waals surface area contributed by atoms with Crippen molar-refractivity contribution in [1.29, 1.82) is 0 Å². The standard InChI is InChI=1S/C24H25N5O4/c1-2-17-18(29-11-4-3-5-20(29)25-17)13-15-6-8-16(9-7-15)21(30)26-19-10-12-33-14-24(19)22(31)27-23(32)28-24/h3-9,11,19H,2,10,12-14H2,1H3,(H,26,30)(H2,27,28,31,32). The number of imidazole rings is 1. The fourth-order valence-electron chi connectivity index (χ4n) is 4.60. The largest absolute Gasteiger partial charge is 0.378 e. The van der Waals surface area contributed by atoms with Gasteiger partial charge in [-0.25, -0.2) is 9.78 Å². The summed E-state index contributed by atoms with van der Waals surface area (Å²) in [5.74, 6) is -0.779. The van der Waals surface area contributed by atoms with Crippen LogP contribution in [0.3, 0.4) is 0 Å². The van der Waals surface area contributed by atoms with E-state index >= 15 is 0 Å². The molecule has 9 heteroatoms. The molecule has 2 unspecified atom stereocenters. The van der Waals surface area contributed by atoms with Gasteiger partial charge in [0, 0.05) is 30.5 Å². The minimum Gasteiger partial charge on any atom is -0.378 e. The van der Waals surface area contributed by atoms with E-state index in [2.05, 4.69) is 27.3 Å². The lowest BCUT2D eigenvalue weighted by Gasteiger charge is -2.38. The second-order valence-electron chi connectivity index (χ2n) is 8.41. The lowest BCUT2D eigenvalue weighted by atomic mass is 9.86. The van der Waals surface area contributed by atoms with E-state index in [9.17, 15) is 14.4 Å². The number of aromatic nitrogens is 2. The SMILES string of the molecule is CCc1nc2ccccn2c1Cc1ccc(C(=O)NC2CCOCC23NC(=O)NC3=O)cc1. The van der Waals surface area contributed by atoms with E-state index < -0.39 is 23.5 Å². The minimum atomic E-state index is -1.27. The maximum absolute atomic E-state index is 12.9. The zero-order valence-electron chi connectivity index (χ0n) is 18.3. The van der Waals surface area contributed by atoms with Crippen LogP contribution in [0.5, 0.6) is 0 Å². The van der Waals surface area contributed by atoms with E-state index in [1.54, 1.807) is 12.1 Å². The van der Waals surface area contributed by atoms with Crippen LogP contribution >= 0.6 is 0 Å². The van der Waals surface area contributed by atoms with Gasteiger partial charge in [-0.05, 0) is 42.7 Å². The zero-order valence-corrected chi connectivity index (χ0v) is 18.3. The Labute approximate surface area is 190 Å². The Morgan fingerprint density at radius 3 is 2.79 bits per heavy atom. The number of carbonyl (C=O) groups excluding carboxylic acids is 3. The van der Waals surface area contributed by atoms with Crippen LogP contribution in [-0.4, -0.2) is 52.0 Å². The van der Waals surface area contributed by atoms with Crippen molar-refractivity contribution in [2.75, 3.05) is 13.2 Å². The Morgan fingerprint density at radius 1 is 1.24 bits per heavy atom. The number of nitrogens with zero attached hydrogens (tertiary/aromatic N) is 2. The predicted octanol–water partition coefficient (Wildman–Crippen LogP) is 1.58. The molecule has 5 rings (SSSR count). The fraction of sp³-hybridized carbons (Fsp3) is 0.333. The van der Waals surface area contributed by atoms with Gasteiger partial charge in [0.2, 0.25) is 0 Å². The number of hydrogen-bond donors (Lipinski definition) is 3. The number of nitrogens with one attached hydrogen (secondary N) is 3. The topological polar surface area (TPSA) is 114 Å². The molecule has 0 radical (unpaired) electrons. The fourth-order valence-corrected chi connectivity index (χ4v) is 4.60. The van der Waals surface area contributed by atoms with Gasteiger partial charge < -0.3 is 19.8 Å². The van der Waals surface area contributed by atoms with E-state index in [0.29, 0.717) is 25.0 Å². The summed E-state index contributed by atoms with van der Waals surface area (Å²) in [6.07, 6.45) is 3.98. The van der Waals surface area contributed by atoms with Crippen LogP contribution in [0.4, 0.5) is 4.79 Å². The van der Waals surface area contributed by atoms with Crippen LogP contribution in [0.1, 0.15) is 40.7 Å². The van der Waals surface area contributed by atoms with Gasteiger partial charge in [0.15, 0.2) is 5.54 Å². The quantitative estimate of drug-likeness (QED) is 0.514. The molecule has 170 valence electrons. The van der Waals surface area contributed by atoms with Crippen molar-refractivity contribution in [3.05, 3.63) is 71.2 Å². The first kappa shape index (κ1) is 21.1. The lowest BCUT2D eigenvalue weighted by molar-refractivity contribution is -0.130. The number of ether oxygens (including phenoxy) is 1. The van der Waals surface area contributed by atoms with Crippen LogP contribution in [0, 0.1) is 0 Å². The Kier molecular flexibility index (Phi) is 5.33. The number of amides is 4. The number of carbonyl (C=O) groups is 3.